The Labute approximate surface area is 114 Å². The van der Waals surface area contributed by atoms with Crippen molar-refractivity contribution in [1.29, 1.82) is 0 Å². The molecular weight excluding hydrogens is 243 g/mol. The number of ether oxygens (including phenoxy) is 1. The maximum Gasteiger partial charge on any atom is 0.165 e. The van der Waals surface area contributed by atoms with E-state index in [1.54, 1.807) is 12.1 Å². The van der Waals surface area contributed by atoms with E-state index in [1.165, 1.54) is 26.6 Å². The Morgan fingerprint density at radius 2 is 2.32 bits per heavy atom. The van der Waals surface area contributed by atoms with E-state index in [2.05, 4.69) is 17.1 Å². The summed E-state index contributed by atoms with van der Waals surface area (Å²) in [5.74, 6) is 0.737. The predicted octanol–water partition coefficient (Wildman–Crippen LogP) is 2.27. The van der Waals surface area contributed by atoms with Gasteiger partial charge in [0, 0.05) is 13.1 Å². The highest BCUT2D eigenvalue weighted by molar-refractivity contribution is 5.29. The van der Waals surface area contributed by atoms with Gasteiger partial charge in [-0.15, -0.1) is 0 Å². The SMILES string of the molecule is CCN1CC[C@H](CNCc2ccc(OC)c(F)c2)C1. The fraction of sp³-hybridized carbons (Fsp3) is 0.600. The van der Waals surface area contributed by atoms with E-state index < -0.39 is 0 Å². The van der Waals surface area contributed by atoms with Crippen molar-refractivity contribution < 1.29 is 9.13 Å². The molecule has 0 amide bonds. The van der Waals surface area contributed by atoms with Gasteiger partial charge in [0.05, 0.1) is 7.11 Å². The van der Waals surface area contributed by atoms with Crippen LogP contribution in [0.3, 0.4) is 0 Å². The van der Waals surface area contributed by atoms with E-state index in [0.29, 0.717) is 12.3 Å². The summed E-state index contributed by atoms with van der Waals surface area (Å²) in [6.45, 7) is 7.45. The largest absolute Gasteiger partial charge is 0.494 e. The summed E-state index contributed by atoms with van der Waals surface area (Å²) < 4.78 is 18.4. The van der Waals surface area contributed by atoms with Crippen molar-refractivity contribution >= 4 is 0 Å². The van der Waals surface area contributed by atoms with Crippen molar-refractivity contribution in [3.05, 3.63) is 29.6 Å². The number of methoxy groups -OCH3 is 1. The summed E-state index contributed by atoms with van der Waals surface area (Å²) in [6.07, 6.45) is 1.26. The molecule has 0 aliphatic carbocycles. The number of nitrogens with zero attached hydrogens (tertiary/aromatic N) is 1. The zero-order chi connectivity index (χ0) is 13.7. The highest BCUT2D eigenvalue weighted by atomic mass is 19.1. The van der Waals surface area contributed by atoms with Crippen LogP contribution in [0.25, 0.3) is 0 Å². The molecule has 1 aliphatic heterocycles. The lowest BCUT2D eigenvalue weighted by molar-refractivity contribution is 0.339. The maximum absolute atomic E-state index is 13.5. The topological polar surface area (TPSA) is 24.5 Å². The van der Waals surface area contributed by atoms with E-state index in [-0.39, 0.29) is 5.82 Å². The third kappa shape index (κ3) is 3.91. The van der Waals surface area contributed by atoms with Crippen LogP contribution in [0.15, 0.2) is 18.2 Å². The van der Waals surface area contributed by atoms with E-state index >= 15 is 0 Å². The minimum absolute atomic E-state index is 0.292. The Morgan fingerprint density at radius 3 is 2.95 bits per heavy atom. The molecule has 0 unspecified atom stereocenters. The van der Waals surface area contributed by atoms with Gasteiger partial charge in [0.15, 0.2) is 11.6 Å². The summed E-state index contributed by atoms with van der Waals surface area (Å²) in [4.78, 5) is 2.47. The maximum atomic E-state index is 13.5. The lowest BCUT2D eigenvalue weighted by Crippen LogP contribution is -2.26. The third-order valence-electron chi connectivity index (χ3n) is 3.80. The first-order valence-electron chi connectivity index (χ1n) is 6.98. The van der Waals surface area contributed by atoms with Gasteiger partial charge in [0.1, 0.15) is 0 Å². The normalized spacial score (nSPS) is 19.8. The number of benzene rings is 1. The van der Waals surface area contributed by atoms with Crippen LogP contribution in [-0.4, -0.2) is 38.2 Å². The average Bonchev–Trinajstić information content (AvgIpc) is 2.87. The van der Waals surface area contributed by atoms with Crippen LogP contribution in [0.4, 0.5) is 4.39 Å². The Hall–Kier alpha value is -1.13. The molecule has 0 aromatic heterocycles. The number of rotatable bonds is 6. The predicted molar refractivity (Wildman–Crippen MR) is 74.9 cm³/mol. The molecular formula is C15H23FN2O. The number of nitrogens with one attached hydrogen (secondary N) is 1. The summed E-state index contributed by atoms with van der Waals surface area (Å²) in [5, 5.41) is 3.42. The molecule has 1 aliphatic rings. The summed E-state index contributed by atoms with van der Waals surface area (Å²) in [7, 11) is 1.48. The number of hydrogen-bond acceptors (Lipinski definition) is 3. The fourth-order valence-electron chi connectivity index (χ4n) is 2.61. The minimum Gasteiger partial charge on any atom is -0.494 e. The van der Waals surface area contributed by atoms with Crippen molar-refractivity contribution in [2.75, 3.05) is 33.3 Å². The van der Waals surface area contributed by atoms with Crippen LogP contribution in [0.1, 0.15) is 18.9 Å². The lowest BCUT2D eigenvalue weighted by Gasteiger charge is -2.14. The number of likely N-dealkylation sites (tertiary alicyclic amines) is 1. The molecule has 0 bridgehead atoms. The van der Waals surface area contributed by atoms with E-state index in [9.17, 15) is 4.39 Å². The standard InChI is InChI=1S/C15H23FN2O/c1-3-18-7-6-13(11-18)10-17-9-12-4-5-15(19-2)14(16)8-12/h4-5,8,13,17H,3,6-7,9-11H2,1-2H3/t13-/m1/s1. The van der Waals surface area contributed by atoms with Crippen LogP contribution in [0.2, 0.25) is 0 Å². The second-order valence-corrected chi connectivity index (χ2v) is 5.15. The number of hydrogen-bond donors (Lipinski definition) is 1. The van der Waals surface area contributed by atoms with Crippen LogP contribution >= 0.6 is 0 Å². The molecule has 1 fully saturated rings. The lowest BCUT2D eigenvalue weighted by atomic mass is 10.1. The van der Waals surface area contributed by atoms with Crippen LogP contribution < -0.4 is 10.1 Å². The summed E-state index contributed by atoms with van der Waals surface area (Å²) >= 11 is 0. The van der Waals surface area contributed by atoms with Crippen molar-refractivity contribution in [1.82, 2.24) is 10.2 Å². The Kier molecular flexibility index (Phi) is 5.16. The second-order valence-electron chi connectivity index (χ2n) is 5.15. The van der Waals surface area contributed by atoms with Gasteiger partial charge in [0.25, 0.3) is 0 Å². The molecule has 1 aromatic carbocycles. The highest BCUT2D eigenvalue weighted by Crippen LogP contribution is 2.18. The van der Waals surface area contributed by atoms with Crippen molar-refractivity contribution in [2.45, 2.75) is 19.9 Å². The van der Waals surface area contributed by atoms with Gasteiger partial charge in [-0.2, -0.15) is 0 Å². The molecule has 106 valence electrons. The van der Waals surface area contributed by atoms with Gasteiger partial charge in [0.2, 0.25) is 0 Å². The van der Waals surface area contributed by atoms with E-state index in [4.69, 9.17) is 4.74 Å². The van der Waals surface area contributed by atoms with Gasteiger partial charge in [-0.3, -0.25) is 0 Å². The second kappa shape index (κ2) is 6.87. The molecule has 19 heavy (non-hydrogen) atoms. The molecule has 1 aromatic rings. The van der Waals surface area contributed by atoms with Crippen LogP contribution in [0, 0.1) is 11.7 Å². The molecule has 0 saturated carbocycles. The Bertz CT molecular complexity index is 411. The van der Waals surface area contributed by atoms with Gasteiger partial charge in [-0.25, -0.2) is 4.39 Å². The monoisotopic (exact) mass is 266 g/mol. The zero-order valence-electron chi connectivity index (χ0n) is 11.8. The molecule has 2 rings (SSSR count). The third-order valence-corrected chi connectivity index (χ3v) is 3.80. The van der Waals surface area contributed by atoms with E-state index in [1.807, 2.05) is 6.07 Å². The Balaban J connectivity index is 1.75. The molecule has 1 N–H and O–H groups in total. The first-order chi connectivity index (χ1) is 9.22. The highest BCUT2D eigenvalue weighted by Gasteiger charge is 2.20. The van der Waals surface area contributed by atoms with Crippen molar-refractivity contribution in [2.24, 2.45) is 5.92 Å². The smallest absolute Gasteiger partial charge is 0.165 e. The van der Waals surface area contributed by atoms with E-state index in [0.717, 1.165) is 24.6 Å². The quantitative estimate of drug-likeness (QED) is 0.855. The zero-order valence-corrected chi connectivity index (χ0v) is 11.8. The summed E-state index contributed by atoms with van der Waals surface area (Å²) in [6, 6.07) is 5.13. The molecule has 1 atom stereocenters. The first kappa shape index (κ1) is 14.3. The van der Waals surface area contributed by atoms with Gasteiger partial charge < -0.3 is 15.0 Å². The number of halogens is 1. The molecule has 1 heterocycles. The Morgan fingerprint density at radius 1 is 1.47 bits per heavy atom. The minimum atomic E-state index is -0.292. The molecule has 1 saturated heterocycles. The van der Waals surface area contributed by atoms with Gasteiger partial charge in [-0.05, 0) is 49.7 Å². The molecule has 0 radical (unpaired) electrons. The summed E-state index contributed by atoms with van der Waals surface area (Å²) in [5.41, 5.74) is 0.962. The van der Waals surface area contributed by atoms with Gasteiger partial charge in [-0.1, -0.05) is 13.0 Å². The fourth-order valence-corrected chi connectivity index (χ4v) is 2.61. The molecule has 0 spiro atoms. The van der Waals surface area contributed by atoms with Crippen molar-refractivity contribution in [3.63, 3.8) is 0 Å². The van der Waals surface area contributed by atoms with Gasteiger partial charge >= 0.3 is 0 Å². The van der Waals surface area contributed by atoms with Crippen LogP contribution in [-0.2, 0) is 6.54 Å². The first-order valence-corrected chi connectivity index (χ1v) is 6.98. The van der Waals surface area contributed by atoms with Crippen molar-refractivity contribution in [3.8, 4) is 5.75 Å². The van der Waals surface area contributed by atoms with Crippen LogP contribution in [0.5, 0.6) is 5.75 Å². The average molecular weight is 266 g/mol. The molecule has 3 nitrogen and oxygen atoms in total. The molecule has 4 heteroatoms.